The Morgan fingerprint density at radius 1 is 1.19 bits per heavy atom. The molecule has 1 atom stereocenters. The second-order valence-corrected chi connectivity index (χ2v) is 4.66. The van der Waals surface area contributed by atoms with E-state index in [9.17, 15) is 17.6 Å². The van der Waals surface area contributed by atoms with Crippen LogP contribution in [-0.2, 0) is 12.7 Å². The van der Waals surface area contributed by atoms with Crippen molar-refractivity contribution in [2.24, 2.45) is 0 Å². The first-order valence-electron chi connectivity index (χ1n) is 6.38. The van der Waals surface area contributed by atoms with Crippen LogP contribution < -0.4 is 5.32 Å². The summed E-state index contributed by atoms with van der Waals surface area (Å²) in [7, 11) is 0. The minimum Gasteiger partial charge on any atom is -0.305 e. The highest BCUT2D eigenvalue weighted by molar-refractivity contribution is 5.30. The molecule has 2 aromatic rings. The first-order chi connectivity index (χ1) is 9.88. The Morgan fingerprint density at radius 3 is 2.57 bits per heavy atom. The second-order valence-electron chi connectivity index (χ2n) is 4.66. The minimum atomic E-state index is -4.58. The van der Waals surface area contributed by atoms with Crippen molar-refractivity contribution in [1.82, 2.24) is 10.3 Å². The summed E-state index contributed by atoms with van der Waals surface area (Å²) in [4.78, 5) is 4.13. The molecule has 0 amide bonds. The summed E-state index contributed by atoms with van der Waals surface area (Å²) in [6.45, 7) is 1.78. The predicted octanol–water partition coefficient (Wildman–Crippen LogP) is 4.09. The van der Waals surface area contributed by atoms with E-state index in [2.05, 4.69) is 10.3 Å². The maximum atomic E-state index is 13.0. The fraction of sp³-hybridized carbons (Fsp3) is 0.267. The fourth-order valence-electron chi connectivity index (χ4n) is 1.97. The zero-order chi connectivity index (χ0) is 15.5. The van der Waals surface area contributed by atoms with Gasteiger partial charge >= 0.3 is 6.18 Å². The number of halogens is 4. The van der Waals surface area contributed by atoms with E-state index >= 15 is 0 Å². The van der Waals surface area contributed by atoms with Crippen molar-refractivity contribution in [2.75, 3.05) is 0 Å². The van der Waals surface area contributed by atoms with Crippen molar-refractivity contribution in [3.8, 4) is 0 Å². The summed E-state index contributed by atoms with van der Waals surface area (Å²) in [5, 5.41) is 2.96. The Balaban J connectivity index is 2.14. The summed E-state index contributed by atoms with van der Waals surface area (Å²) in [6.07, 6.45) is -2.96. The molecule has 0 fully saturated rings. The molecule has 6 heteroatoms. The third-order valence-corrected chi connectivity index (χ3v) is 3.11. The molecule has 1 N–H and O–H groups in total. The zero-order valence-electron chi connectivity index (χ0n) is 11.3. The minimum absolute atomic E-state index is 0.00619. The van der Waals surface area contributed by atoms with Crippen molar-refractivity contribution in [3.63, 3.8) is 0 Å². The van der Waals surface area contributed by atoms with Crippen molar-refractivity contribution < 1.29 is 17.6 Å². The van der Waals surface area contributed by atoms with Crippen LogP contribution in [0.15, 0.2) is 42.6 Å². The lowest BCUT2D eigenvalue weighted by Crippen LogP contribution is -2.21. The van der Waals surface area contributed by atoms with Gasteiger partial charge in [-0.2, -0.15) is 13.2 Å². The standard InChI is InChI=1S/C15H14F4N2/c1-10(14-4-2-3-7-20-14)21-9-11-5-6-12(16)8-13(11)15(17,18)19/h2-8,10,21H,9H2,1H3. The van der Waals surface area contributed by atoms with Crippen molar-refractivity contribution in [3.05, 3.63) is 65.2 Å². The lowest BCUT2D eigenvalue weighted by atomic mass is 10.1. The van der Waals surface area contributed by atoms with Crippen LogP contribution in [0, 0.1) is 5.82 Å². The lowest BCUT2D eigenvalue weighted by molar-refractivity contribution is -0.138. The van der Waals surface area contributed by atoms with Crippen LogP contribution in [0.3, 0.4) is 0 Å². The maximum absolute atomic E-state index is 13.0. The first-order valence-corrected chi connectivity index (χ1v) is 6.38. The van der Waals surface area contributed by atoms with Gasteiger partial charge in [0.15, 0.2) is 0 Å². The van der Waals surface area contributed by atoms with Crippen LogP contribution in [0.1, 0.15) is 29.8 Å². The monoisotopic (exact) mass is 298 g/mol. The van der Waals surface area contributed by atoms with Gasteiger partial charge in [-0.3, -0.25) is 4.98 Å². The Labute approximate surface area is 119 Å². The molecule has 0 spiro atoms. The van der Waals surface area contributed by atoms with Gasteiger partial charge in [0.05, 0.1) is 11.3 Å². The first kappa shape index (κ1) is 15.4. The van der Waals surface area contributed by atoms with Crippen molar-refractivity contribution >= 4 is 0 Å². The number of benzene rings is 1. The molecule has 1 aromatic heterocycles. The summed E-state index contributed by atoms with van der Waals surface area (Å²) < 4.78 is 51.6. The molecule has 1 aromatic carbocycles. The topological polar surface area (TPSA) is 24.9 Å². The average molecular weight is 298 g/mol. The number of pyridine rings is 1. The average Bonchev–Trinajstić information content (AvgIpc) is 2.45. The summed E-state index contributed by atoms with van der Waals surface area (Å²) in [5.74, 6) is -0.899. The molecule has 0 saturated heterocycles. The molecule has 0 saturated carbocycles. The molecule has 0 aliphatic carbocycles. The molecule has 1 heterocycles. The van der Waals surface area contributed by atoms with E-state index in [1.165, 1.54) is 0 Å². The van der Waals surface area contributed by atoms with Crippen LogP contribution in [0.2, 0.25) is 0 Å². The molecular weight excluding hydrogens is 284 g/mol. The van der Waals surface area contributed by atoms with Gasteiger partial charge in [0.2, 0.25) is 0 Å². The third-order valence-electron chi connectivity index (χ3n) is 3.11. The molecule has 1 unspecified atom stereocenters. The van der Waals surface area contributed by atoms with E-state index < -0.39 is 17.6 Å². The van der Waals surface area contributed by atoms with Gasteiger partial charge in [0.1, 0.15) is 5.82 Å². The smallest absolute Gasteiger partial charge is 0.305 e. The molecule has 0 aliphatic heterocycles. The molecule has 0 radical (unpaired) electrons. The summed E-state index contributed by atoms with van der Waals surface area (Å²) in [6, 6.07) is 7.83. The van der Waals surface area contributed by atoms with Gasteiger partial charge < -0.3 is 5.32 Å². The highest BCUT2D eigenvalue weighted by atomic mass is 19.4. The van der Waals surface area contributed by atoms with Crippen LogP contribution in [0.5, 0.6) is 0 Å². The third kappa shape index (κ3) is 4.01. The quantitative estimate of drug-likeness (QED) is 0.860. The van der Waals surface area contributed by atoms with Crippen molar-refractivity contribution in [2.45, 2.75) is 25.7 Å². The van der Waals surface area contributed by atoms with Crippen LogP contribution >= 0.6 is 0 Å². The van der Waals surface area contributed by atoms with Crippen LogP contribution in [0.25, 0.3) is 0 Å². The molecule has 2 nitrogen and oxygen atoms in total. The second kappa shape index (κ2) is 6.22. The molecule has 0 aliphatic rings. The van der Waals surface area contributed by atoms with Crippen molar-refractivity contribution in [1.29, 1.82) is 0 Å². The van der Waals surface area contributed by atoms with Gasteiger partial charge in [-0.1, -0.05) is 12.1 Å². The Hall–Kier alpha value is -1.95. The molecular formula is C15H14F4N2. The molecule has 112 valence electrons. The SMILES string of the molecule is CC(NCc1ccc(F)cc1C(F)(F)F)c1ccccn1. The van der Waals surface area contributed by atoms with Gasteiger partial charge in [0.25, 0.3) is 0 Å². The number of hydrogen-bond acceptors (Lipinski definition) is 2. The van der Waals surface area contributed by atoms with Crippen LogP contribution in [0.4, 0.5) is 17.6 Å². The Bertz CT molecular complexity index is 596. The largest absolute Gasteiger partial charge is 0.416 e. The number of nitrogens with zero attached hydrogens (tertiary/aromatic N) is 1. The van der Waals surface area contributed by atoms with E-state index in [1.54, 1.807) is 31.3 Å². The lowest BCUT2D eigenvalue weighted by Gasteiger charge is -2.17. The van der Waals surface area contributed by atoms with Gasteiger partial charge in [-0.05, 0) is 36.8 Å². The van der Waals surface area contributed by atoms with E-state index in [0.717, 1.165) is 17.8 Å². The molecule has 0 bridgehead atoms. The van der Waals surface area contributed by atoms with E-state index in [1.807, 2.05) is 0 Å². The van der Waals surface area contributed by atoms with Gasteiger partial charge in [-0.25, -0.2) is 4.39 Å². The summed E-state index contributed by atoms with van der Waals surface area (Å²) in [5.41, 5.74) is -0.219. The Kier molecular flexibility index (Phi) is 4.57. The van der Waals surface area contributed by atoms with E-state index in [-0.39, 0.29) is 18.2 Å². The maximum Gasteiger partial charge on any atom is 0.416 e. The van der Waals surface area contributed by atoms with E-state index in [4.69, 9.17) is 0 Å². The van der Waals surface area contributed by atoms with Gasteiger partial charge in [0, 0.05) is 18.8 Å². The number of aromatic nitrogens is 1. The van der Waals surface area contributed by atoms with Crippen LogP contribution in [-0.4, -0.2) is 4.98 Å². The molecule has 21 heavy (non-hydrogen) atoms. The highest BCUT2D eigenvalue weighted by Crippen LogP contribution is 2.32. The fourth-order valence-corrected chi connectivity index (χ4v) is 1.97. The molecule has 2 rings (SSSR count). The zero-order valence-corrected chi connectivity index (χ0v) is 11.3. The number of rotatable bonds is 4. The highest BCUT2D eigenvalue weighted by Gasteiger charge is 2.33. The van der Waals surface area contributed by atoms with E-state index in [0.29, 0.717) is 6.07 Å². The number of hydrogen-bond donors (Lipinski definition) is 1. The summed E-state index contributed by atoms with van der Waals surface area (Å²) >= 11 is 0. The predicted molar refractivity (Wildman–Crippen MR) is 70.9 cm³/mol. The number of nitrogens with one attached hydrogen (secondary N) is 1. The Morgan fingerprint density at radius 2 is 1.95 bits per heavy atom. The van der Waals surface area contributed by atoms with Gasteiger partial charge in [-0.15, -0.1) is 0 Å². The number of alkyl halides is 3. The normalized spacial score (nSPS) is 13.2.